The molecule has 1 saturated carbocycles. The van der Waals surface area contributed by atoms with Gasteiger partial charge in [-0.1, -0.05) is 0 Å². The van der Waals surface area contributed by atoms with Gasteiger partial charge in [0.1, 0.15) is 11.6 Å². The number of hydrogen-bond donors (Lipinski definition) is 3. The number of hydrogen-bond acceptors (Lipinski definition) is 6. The van der Waals surface area contributed by atoms with Gasteiger partial charge in [0.15, 0.2) is 0 Å². The van der Waals surface area contributed by atoms with Gasteiger partial charge < -0.3 is 20.5 Å². The van der Waals surface area contributed by atoms with Crippen LogP contribution in [0.5, 0.6) is 5.75 Å². The Hall–Kier alpha value is -2.74. The van der Waals surface area contributed by atoms with Gasteiger partial charge in [0, 0.05) is 25.0 Å². The number of aromatic nitrogens is 2. The fourth-order valence-electron chi connectivity index (χ4n) is 3.10. The molecule has 138 valence electrons. The molecule has 26 heavy (non-hydrogen) atoms. The number of carbonyl (C=O) groups excluding carboxylic acids is 1. The first-order valence-electron chi connectivity index (χ1n) is 8.34. The SMILES string of the molecule is CNc1ncc(C(=O)N[C@H](c2cc(F)ccc2OC)C2CC(O)C2)cn1. The summed E-state index contributed by atoms with van der Waals surface area (Å²) < 4.78 is 19.1. The minimum absolute atomic E-state index is 0.0119. The quantitative estimate of drug-likeness (QED) is 0.728. The second-order valence-corrected chi connectivity index (χ2v) is 6.27. The third kappa shape index (κ3) is 3.75. The van der Waals surface area contributed by atoms with E-state index in [1.807, 2.05) is 0 Å². The van der Waals surface area contributed by atoms with Crippen LogP contribution in [0.4, 0.5) is 10.3 Å². The Bertz CT molecular complexity index is 779. The average Bonchev–Trinajstić information content (AvgIpc) is 2.63. The number of aliphatic hydroxyl groups excluding tert-OH is 1. The topological polar surface area (TPSA) is 96.4 Å². The molecule has 2 aromatic rings. The van der Waals surface area contributed by atoms with Crippen molar-refractivity contribution in [2.75, 3.05) is 19.5 Å². The van der Waals surface area contributed by atoms with Crippen molar-refractivity contribution in [2.24, 2.45) is 5.92 Å². The number of anilines is 1. The number of methoxy groups -OCH3 is 1. The van der Waals surface area contributed by atoms with Gasteiger partial charge >= 0.3 is 0 Å². The normalized spacial score (nSPS) is 20.0. The third-order valence-corrected chi connectivity index (χ3v) is 4.57. The van der Waals surface area contributed by atoms with Crippen LogP contribution in [-0.4, -0.2) is 41.2 Å². The minimum Gasteiger partial charge on any atom is -0.496 e. The number of benzene rings is 1. The molecular weight excluding hydrogens is 339 g/mol. The summed E-state index contributed by atoms with van der Waals surface area (Å²) in [6.07, 6.45) is 3.49. The Labute approximate surface area is 150 Å². The highest BCUT2D eigenvalue weighted by Gasteiger charge is 2.37. The second kappa shape index (κ2) is 7.65. The van der Waals surface area contributed by atoms with Crippen LogP contribution in [0.2, 0.25) is 0 Å². The Kier molecular flexibility index (Phi) is 5.32. The van der Waals surface area contributed by atoms with Crippen molar-refractivity contribution >= 4 is 11.9 Å². The van der Waals surface area contributed by atoms with Crippen LogP contribution in [0, 0.1) is 11.7 Å². The molecule has 1 atom stereocenters. The minimum atomic E-state index is -0.486. The molecule has 1 heterocycles. The molecule has 0 bridgehead atoms. The van der Waals surface area contributed by atoms with Gasteiger partial charge in [0.05, 0.1) is 24.8 Å². The molecule has 7 nitrogen and oxygen atoms in total. The standard InChI is InChI=1S/C18H21FN4O3/c1-20-18-21-8-11(9-22-18)17(25)23-16(10-5-13(24)6-10)14-7-12(19)3-4-15(14)26-2/h3-4,7-10,13,16,24H,5-6H2,1-2H3,(H,23,25)(H,20,21,22)/t10?,13?,16-/m0/s1. The van der Waals surface area contributed by atoms with Gasteiger partial charge in [0.25, 0.3) is 5.91 Å². The zero-order valence-electron chi connectivity index (χ0n) is 14.6. The average molecular weight is 360 g/mol. The Balaban J connectivity index is 1.87. The van der Waals surface area contributed by atoms with Gasteiger partial charge in [-0.25, -0.2) is 14.4 Å². The number of nitrogens with one attached hydrogen (secondary N) is 2. The molecule has 0 aliphatic heterocycles. The van der Waals surface area contributed by atoms with E-state index in [-0.39, 0.29) is 11.8 Å². The van der Waals surface area contributed by atoms with Gasteiger partial charge in [0.2, 0.25) is 5.95 Å². The molecular formula is C18H21FN4O3. The number of amides is 1. The summed E-state index contributed by atoms with van der Waals surface area (Å²) in [6.45, 7) is 0. The van der Waals surface area contributed by atoms with Crippen molar-refractivity contribution in [3.63, 3.8) is 0 Å². The van der Waals surface area contributed by atoms with E-state index in [0.717, 1.165) is 0 Å². The number of rotatable bonds is 6. The molecule has 1 aliphatic rings. The number of nitrogens with zero attached hydrogens (tertiary/aromatic N) is 2. The van der Waals surface area contributed by atoms with Crippen molar-refractivity contribution < 1.29 is 19.0 Å². The van der Waals surface area contributed by atoms with E-state index in [0.29, 0.717) is 35.7 Å². The third-order valence-electron chi connectivity index (χ3n) is 4.57. The van der Waals surface area contributed by atoms with Crippen molar-refractivity contribution in [3.05, 3.63) is 47.5 Å². The van der Waals surface area contributed by atoms with Crippen LogP contribution in [0.15, 0.2) is 30.6 Å². The van der Waals surface area contributed by atoms with Crippen LogP contribution >= 0.6 is 0 Å². The van der Waals surface area contributed by atoms with E-state index in [4.69, 9.17) is 4.74 Å². The van der Waals surface area contributed by atoms with Crippen LogP contribution in [0.1, 0.15) is 34.8 Å². The smallest absolute Gasteiger partial charge is 0.254 e. The summed E-state index contributed by atoms with van der Waals surface area (Å²) in [4.78, 5) is 20.7. The fourth-order valence-corrected chi connectivity index (χ4v) is 3.10. The van der Waals surface area contributed by atoms with E-state index in [9.17, 15) is 14.3 Å². The molecule has 1 aromatic carbocycles. The summed E-state index contributed by atoms with van der Waals surface area (Å²) in [5, 5.41) is 15.4. The van der Waals surface area contributed by atoms with Crippen molar-refractivity contribution in [1.29, 1.82) is 0 Å². The summed E-state index contributed by atoms with van der Waals surface area (Å²) in [7, 11) is 3.18. The molecule has 3 N–H and O–H groups in total. The summed E-state index contributed by atoms with van der Waals surface area (Å²) >= 11 is 0. The number of carbonyl (C=O) groups is 1. The zero-order valence-corrected chi connectivity index (χ0v) is 14.6. The van der Waals surface area contributed by atoms with Crippen LogP contribution < -0.4 is 15.4 Å². The highest BCUT2D eigenvalue weighted by atomic mass is 19.1. The Morgan fingerprint density at radius 3 is 2.62 bits per heavy atom. The summed E-state index contributed by atoms with van der Waals surface area (Å²) in [5.74, 6) is 0.0982. The van der Waals surface area contributed by atoms with Gasteiger partial charge in [-0.3, -0.25) is 4.79 Å². The van der Waals surface area contributed by atoms with Gasteiger partial charge in [-0.2, -0.15) is 0 Å². The summed E-state index contributed by atoms with van der Waals surface area (Å²) in [6, 6.07) is 3.71. The van der Waals surface area contributed by atoms with Gasteiger partial charge in [-0.15, -0.1) is 0 Å². The number of halogens is 1. The van der Waals surface area contributed by atoms with E-state index >= 15 is 0 Å². The largest absolute Gasteiger partial charge is 0.496 e. The lowest BCUT2D eigenvalue weighted by molar-refractivity contribution is 0.0231. The van der Waals surface area contributed by atoms with E-state index < -0.39 is 18.0 Å². The Morgan fingerprint density at radius 1 is 1.35 bits per heavy atom. The van der Waals surface area contributed by atoms with E-state index in [1.54, 1.807) is 7.05 Å². The lowest BCUT2D eigenvalue weighted by Gasteiger charge is -2.38. The van der Waals surface area contributed by atoms with E-state index in [2.05, 4.69) is 20.6 Å². The molecule has 0 radical (unpaired) electrons. The van der Waals surface area contributed by atoms with Crippen molar-refractivity contribution in [1.82, 2.24) is 15.3 Å². The predicted octanol–water partition coefficient (Wildman–Crippen LogP) is 1.91. The first kappa shape index (κ1) is 18.1. The molecule has 0 saturated heterocycles. The number of ether oxygens (including phenoxy) is 1. The van der Waals surface area contributed by atoms with Crippen LogP contribution in [0.25, 0.3) is 0 Å². The van der Waals surface area contributed by atoms with Gasteiger partial charge in [-0.05, 0) is 37.0 Å². The van der Waals surface area contributed by atoms with E-state index in [1.165, 1.54) is 37.7 Å². The predicted molar refractivity (Wildman–Crippen MR) is 93.5 cm³/mol. The fraction of sp³-hybridized carbons (Fsp3) is 0.389. The van der Waals surface area contributed by atoms with Crippen LogP contribution in [-0.2, 0) is 0 Å². The second-order valence-electron chi connectivity index (χ2n) is 6.27. The highest BCUT2D eigenvalue weighted by molar-refractivity contribution is 5.94. The molecule has 1 aliphatic carbocycles. The first-order valence-corrected chi connectivity index (χ1v) is 8.34. The molecule has 1 aromatic heterocycles. The van der Waals surface area contributed by atoms with Crippen molar-refractivity contribution in [3.8, 4) is 5.75 Å². The number of aliphatic hydroxyl groups is 1. The lowest BCUT2D eigenvalue weighted by Crippen LogP contribution is -2.41. The zero-order chi connectivity index (χ0) is 18.7. The summed E-state index contributed by atoms with van der Waals surface area (Å²) in [5.41, 5.74) is 0.842. The Morgan fingerprint density at radius 2 is 2.04 bits per heavy atom. The molecule has 8 heteroatoms. The lowest BCUT2D eigenvalue weighted by atomic mass is 9.74. The molecule has 3 rings (SSSR count). The monoisotopic (exact) mass is 360 g/mol. The first-order chi connectivity index (χ1) is 12.5. The maximum atomic E-state index is 13.8. The molecule has 0 spiro atoms. The molecule has 1 amide bonds. The molecule has 0 unspecified atom stereocenters. The van der Waals surface area contributed by atoms with Crippen LogP contribution in [0.3, 0.4) is 0 Å². The maximum Gasteiger partial charge on any atom is 0.254 e. The maximum absolute atomic E-state index is 13.8. The molecule has 1 fully saturated rings. The van der Waals surface area contributed by atoms with Crippen molar-refractivity contribution in [2.45, 2.75) is 25.0 Å². The highest BCUT2D eigenvalue weighted by Crippen LogP contribution is 2.41.